The van der Waals surface area contributed by atoms with E-state index >= 15 is 0 Å². The molecule has 1 nitrogen and oxygen atoms in total. The van der Waals surface area contributed by atoms with E-state index in [1.54, 1.807) is 5.57 Å². The van der Waals surface area contributed by atoms with Crippen molar-refractivity contribution in [1.29, 1.82) is 0 Å². The van der Waals surface area contributed by atoms with Gasteiger partial charge in [0, 0.05) is 6.21 Å². The molecule has 2 rings (SSSR count). The lowest BCUT2D eigenvalue weighted by Crippen LogP contribution is -1.77. The third-order valence-electron chi connectivity index (χ3n) is 1.91. The Kier molecular flexibility index (Phi) is 0.775. The molecule has 1 aliphatic heterocycles. The zero-order chi connectivity index (χ0) is 5.40. The second-order valence-corrected chi connectivity index (χ2v) is 2.45. The average molecular weight is 107 g/mol. The third-order valence-corrected chi connectivity index (χ3v) is 1.91. The van der Waals surface area contributed by atoms with Crippen molar-refractivity contribution in [3.05, 3.63) is 11.1 Å². The maximum absolute atomic E-state index is 4.17. The van der Waals surface area contributed by atoms with E-state index in [-0.39, 0.29) is 0 Å². The summed E-state index contributed by atoms with van der Waals surface area (Å²) in [5.41, 5.74) is 3.13. The van der Waals surface area contributed by atoms with E-state index in [0.29, 0.717) is 0 Å². The molecule has 0 saturated carbocycles. The Morgan fingerprint density at radius 1 is 1.38 bits per heavy atom. The lowest BCUT2D eigenvalue weighted by molar-refractivity contribution is 0.882. The van der Waals surface area contributed by atoms with E-state index in [1.807, 2.05) is 6.21 Å². The summed E-state index contributed by atoms with van der Waals surface area (Å²) < 4.78 is 0. The molecular formula is C7H9N. The molecule has 0 aromatic carbocycles. The van der Waals surface area contributed by atoms with Crippen LogP contribution in [0.25, 0.3) is 0 Å². The molecule has 0 amide bonds. The summed E-state index contributed by atoms with van der Waals surface area (Å²) in [4.78, 5) is 4.17. The molecule has 0 fully saturated rings. The van der Waals surface area contributed by atoms with Crippen molar-refractivity contribution in [2.45, 2.75) is 19.3 Å². The highest BCUT2D eigenvalue weighted by atomic mass is 14.7. The molecule has 0 unspecified atom stereocenters. The molecule has 0 bridgehead atoms. The molecule has 1 heteroatoms. The summed E-state index contributed by atoms with van der Waals surface area (Å²) in [5.74, 6) is 0. The first-order chi connectivity index (χ1) is 3.97. The predicted octanol–water partition coefficient (Wildman–Crippen LogP) is 1.55. The predicted molar refractivity (Wildman–Crippen MR) is 34.2 cm³/mol. The van der Waals surface area contributed by atoms with Crippen LogP contribution in [-0.2, 0) is 0 Å². The summed E-state index contributed by atoms with van der Waals surface area (Å²) >= 11 is 0. The number of allylic oxidation sites excluding steroid dienone is 1. The van der Waals surface area contributed by atoms with Crippen molar-refractivity contribution in [2.75, 3.05) is 6.54 Å². The molecule has 1 heterocycles. The van der Waals surface area contributed by atoms with E-state index in [2.05, 4.69) is 4.99 Å². The van der Waals surface area contributed by atoms with Crippen molar-refractivity contribution in [3.63, 3.8) is 0 Å². The Balaban J connectivity index is 2.33. The van der Waals surface area contributed by atoms with Crippen molar-refractivity contribution >= 4 is 6.21 Å². The average Bonchev–Trinajstić information content (AvgIpc) is 2.15. The first-order valence-corrected chi connectivity index (χ1v) is 3.17. The van der Waals surface area contributed by atoms with Crippen LogP contribution in [0.4, 0.5) is 0 Å². The zero-order valence-electron chi connectivity index (χ0n) is 4.85. The minimum absolute atomic E-state index is 1.01. The van der Waals surface area contributed by atoms with E-state index < -0.39 is 0 Å². The van der Waals surface area contributed by atoms with Crippen molar-refractivity contribution in [2.24, 2.45) is 4.99 Å². The number of nitrogens with zero attached hydrogens (tertiary/aromatic N) is 1. The fourth-order valence-corrected chi connectivity index (χ4v) is 1.43. The van der Waals surface area contributed by atoms with Crippen LogP contribution in [0.15, 0.2) is 16.1 Å². The number of hydrogen-bond acceptors (Lipinski definition) is 1. The molecule has 2 aliphatic rings. The summed E-state index contributed by atoms with van der Waals surface area (Å²) in [6.45, 7) is 1.01. The van der Waals surface area contributed by atoms with Gasteiger partial charge in [0.2, 0.25) is 0 Å². The molecule has 8 heavy (non-hydrogen) atoms. The van der Waals surface area contributed by atoms with Crippen LogP contribution in [0.1, 0.15) is 19.3 Å². The fourth-order valence-electron chi connectivity index (χ4n) is 1.43. The van der Waals surface area contributed by atoms with Gasteiger partial charge in [-0.2, -0.15) is 0 Å². The highest BCUT2D eigenvalue weighted by molar-refractivity contribution is 5.83. The third kappa shape index (κ3) is 0.443. The number of hydrogen-bond donors (Lipinski definition) is 0. The van der Waals surface area contributed by atoms with Crippen LogP contribution in [0.5, 0.6) is 0 Å². The first-order valence-electron chi connectivity index (χ1n) is 3.17. The maximum Gasteiger partial charge on any atom is 0.0605 e. The van der Waals surface area contributed by atoms with Crippen LogP contribution in [-0.4, -0.2) is 12.8 Å². The summed E-state index contributed by atoms with van der Waals surface area (Å²) in [5, 5.41) is 0. The van der Waals surface area contributed by atoms with Gasteiger partial charge >= 0.3 is 0 Å². The van der Waals surface area contributed by atoms with Gasteiger partial charge in [-0.1, -0.05) is 0 Å². The second kappa shape index (κ2) is 1.44. The number of aliphatic imine (C=N–C) groups is 1. The van der Waals surface area contributed by atoms with Gasteiger partial charge in [0.1, 0.15) is 0 Å². The van der Waals surface area contributed by atoms with Crippen molar-refractivity contribution in [3.8, 4) is 0 Å². The van der Waals surface area contributed by atoms with Crippen LogP contribution in [0.3, 0.4) is 0 Å². The molecule has 0 aromatic rings. The topological polar surface area (TPSA) is 12.4 Å². The normalized spacial score (nSPS) is 25.0. The van der Waals surface area contributed by atoms with Crippen molar-refractivity contribution < 1.29 is 0 Å². The van der Waals surface area contributed by atoms with Gasteiger partial charge in [-0.25, -0.2) is 0 Å². The molecule has 0 radical (unpaired) electrons. The summed E-state index contributed by atoms with van der Waals surface area (Å²) in [6, 6.07) is 0. The van der Waals surface area contributed by atoms with Gasteiger partial charge in [-0.05, 0) is 30.4 Å². The molecule has 0 atom stereocenters. The van der Waals surface area contributed by atoms with Gasteiger partial charge < -0.3 is 0 Å². The van der Waals surface area contributed by atoms with Crippen molar-refractivity contribution in [1.82, 2.24) is 0 Å². The second-order valence-electron chi connectivity index (χ2n) is 2.45. The Morgan fingerprint density at radius 3 is 3.25 bits per heavy atom. The Bertz CT molecular complexity index is 165. The quantitative estimate of drug-likeness (QED) is 0.445. The van der Waals surface area contributed by atoms with E-state index in [1.165, 1.54) is 24.8 Å². The molecule has 0 saturated heterocycles. The molecule has 42 valence electrons. The van der Waals surface area contributed by atoms with E-state index in [4.69, 9.17) is 0 Å². The lowest BCUT2D eigenvalue weighted by atomic mass is 10.2. The fraction of sp³-hybridized carbons (Fsp3) is 0.571. The lowest BCUT2D eigenvalue weighted by Gasteiger charge is -1.87. The SMILES string of the molecule is C1=NCC2=C1CCC2. The van der Waals surface area contributed by atoms with Gasteiger partial charge in [-0.3, -0.25) is 4.99 Å². The summed E-state index contributed by atoms with van der Waals surface area (Å²) in [6.07, 6.45) is 6.02. The van der Waals surface area contributed by atoms with E-state index in [0.717, 1.165) is 6.54 Å². The van der Waals surface area contributed by atoms with Crippen LogP contribution in [0.2, 0.25) is 0 Å². The van der Waals surface area contributed by atoms with Crippen LogP contribution < -0.4 is 0 Å². The monoisotopic (exact) mass is 107 g/mol. The Hall–Kier alpha value is -0.590. The smallest absolute Gasteiger partial charge is 0.0605 e. The molecule has 0 aromatic heterocycles. The van der Waals surface area contributed by atoms with Gasteiger partial charge in [-0.15, -0.1) is 0 Å². The summed E-state index contributed by atoms with van der Waals surface area (Å²) in [7, 11) is 0. The minimum Gasteiger partial charge on any atom is -0.288 e. The molecule has 0 spiro atoms. The van der Waals surface area contributed by atoms with Gasteiger partial charge in [0.05, 0.1) is 6.54 Å². The molecule has 1 aliphatic carbocycles. The Labute approximate surface area is 49.1 Å². The van der Waals surface area contributed by atoms with Crippen LogP contribution in [0, 0.1) is 0 Å². The minimum atomic E-state index is 1.01. The maximum atomic E-state index is 4.17. The standard InChI is InChI=1S/C7H9N/c1-2-6-4-8-5-7(6)3-1/h4H,1-3,5H2. The largest absolute Gasteiger partial charge is 0.288 e. The molecule has 0 N–H and O–H groups in total. The van der Waals surface area contributed by atoms with E-state index in [9.17, 15) is 0 Å². The van der Waals surface area contributed by atoms with Gasteiger partial charge in [0.25, 0.3) is 0 Å². The first kappa shape index (κ1) is 4.30. The van der Waals surface area contributed by atoms with Crippen LogP contribution >= 0.6 is 0 Å². The number of rotatable bonds is 0. The van der Waals surface area contributed by atoms with Gasteiger partial charge in [0.15, 0.2) is 0 Å². The Morgan fingerprint density at radius 2 is 2.38 bits per heavy atom. The molecular weight excluding hydrogens is 98.1 g/mol. The highest BCUT2D eigenvalue weighted by Crippen LogP contribution is 2.27. The zero-order valence-corrected chi connectivity index (χ0v) is 4.85. The highest BCUT2D eigenvalue weighted by Gasteiger charge is 2.14.